The van der Waals surface area contributed by atoms with Gasteiger partial charge in [-0.05, 0) is 44.7 Å². The summed E-state index contributed by atoms with van der Waals surface area (Å²) in [6, 6.07) is 5.52. The monoisotopic (exact) mass is 296 g/mol. The van der Waals surface area contributed by atoms with Crippen molar-refractivity contribution in [2.24, 2.45) is 0 Å². The Morgan fingerprint density at radius 3 is 3.00 bits per heavy atom. The van der Waals surface area contributed by atoms with Gasteiger partial charge in [-0.3, -0.25) is 0 Å². The number of nitrogens with one attached hydrogen (secondary N) is 1. The molecule has 0 bridgehead atoms. The number of rotatable bonds is 3. The summed E-state index contributed by atoms with van der Waals surface area (Å²) in [5, 5.41) is 13.0. The first-order valence-corrected chi connectivity index (χ1v) is 7.37. The summed E-state index contributed by atoms with van der Waals surface area (Å²) in [6.07, 6.45) is 2.15. The van der Waals surface area contributed by atoms with Gasteiger partial charge in [0.2, 0.25) is 0 Å². The highest BCUT2D eigenvalue weighted by Gasteiger charge is 2.29. The zero-order valence-corrected chi connectivity index (χ0v) is 12.7. The summed E-state index contributed by atoms with van der Waals surface area (Å²) in [4.78, 5) is 14.2. The molecule has 0 spiro atoms. The van der Waals surface area contributed by atoms with Crippen molar-refractivity contribution in [3.8, 4) is 0 Å². The molecule has 20 heavy (non-hydrogen) atoms. The maximum atomic E-state index is 12.4. The third-order valence-electron chi connectivity index (χ3n) is 3.71. The Bertz CT molecular complexity index is 471. The van der Waals surface area contributed by atoms with Gasteiger partial charge in [-0.1, -0.05) is 23.7 Å². The predicted molar refractivity (Wildman–Crippen MR) is 81.2 cm³/mol. The van der Waals surface area contributed by atoms with Gasteiger partial charge in [0.15, 0.2) is 0 Å². The van der Waals surface area contributed by atoms with Crippen LogP contribution in [0.1, 0.15) is 31.7 Å². The highest BCUT2D eigenvalue weighted by molar-refractivity contribution is 6.33. The molecule has 1 fully saturated rings. The highest BCUT2D eigenvalue weighted by Crippen LogP contribution is 2.27. The molecule has 0 radical (unpaired) electrons. The molecule has 1 aromatic rings. The SMILES string of the molecule is Cc1cccc(Cl)c1NC(=O)N1CCC[C@@H]1C[C@@H](C)O. The van der Waals surface area contributed by atoms with Crippen LogP contribution >= 0.6 is 11.6 Å². The number of aliphatic hydroxyl groups is 1. The zero-order valence-electron chi connectivity index (χ0n) is 11.9. The van der Waals surface area contributed by atoms with Crippen LogP contribution in [0, 0.1) is 6.92 Å². The number of amides is 2. The van der Waals surface area contributed by atoms with Crippen LogP contribution in [0.25, 0.3) is 0 Å². The largest absolute Gasteiger partial charge is 0.393 e. The average molecular weight is 297 g/mol. The number of carbonyl (C=O) groups is 1. The zero-order chi connectivity index (χ0) is 14.7. The molecule has 5 heteroatoms. The lowest BCUT2D eigenvalue weighted by Gasteiger charge is -2.26. The Labute approximate surface area is 124 Å². The molecule has 0 aliphatic carbocycles. The third-order valence-corrected chi connectivity index (χ3v) is 4.02. The van der Waals surface area contributed by atoms with Crippen molar-refractivity contribution in [2.75, 3.05) is 11.9 Å². The first kappa shape index (κ1) is 15.1. The molecule has 4 nitrogen and oxygen atoms in total. The Balaban J connectivity index is 2.08. The number of anilines is 1. The second-order valence-electron chi connectivity index (χ2n) is 5.44. The number of urea groups is 1. The molecule has 1 heterocycles. The quantitative estimate of drug-likeness (QED) is 0.898. The summed E-state index contributed by atoms with van der Waals surface area (Å²) < 4.78 is 0. The highest BCUT2D eigenvalue weighted by atomic mass is 35.5. The van der Waals surface area contributed by atoms with Crippen LogP contribution < -0.4 is 5.32 Å². The van der Waals surface area contributed by atoms with Gasteiger partial charge in [0.05, 0.1) is 16.8 Å². The van der Waals surface area contributed by atoms with Crippen molar-refractivity contribution in [3.63, 3.8) is 0 Å². The molecule has 2 atom stereocenters. The van der Waals surface area contributed by atoms with Crippen molar-refractivity contribution >= 4 is 23.3 Å². The number of aryl methyl sites for hydroxylation is 1. The molecule has 1 aromatic carbocycles. The molecule has 110 valence electrons. The fraction of sp³-hybridized carbons (Fsp3) is 0.533. The van der Waals surface area contributed by atoms with E-state index in [1.807, 2.05) is 19.1 Å². The van der Waals surface area contributed by atoms with E-state index in [1.54, 1.807) is 17.9 Å². The third kappa shape index (κ3) is 3.44. The van der Waals surface area contributed by atoms with Crippen molar-refractivity contribution in [1.82, 2.24) is 4.90 Å². The first-order chi connectivity index (χ1) is 9.49. The van der Waals surface area contributed by atoms with Gasteiger partial charge in [-0.2, -0.15) is 0 Å². The van der Waals surface area contributed by atoms with Crippen molar-refractivity contribution in [1.29, 1.82) is 0 Å². The predicted octanol–water partition coefficient (Wildman–Crippen LogP) is 3.42. The molecule has 1 aliphatic rings. The minimum Gasteiger partial charge on any atom is -0.393 e. The van der Waals surface area contributed by atoms with E-state index in [1.165, 1.54) is 0 Å². The normalized spacial score (nSPS) is 20.0. The topological polar surface area (TPSA) is 52.6 Å². The Kier molecular flexibility index (Phi) is 4.89. The van der Waals surface area contributed by atoms with Crippen LogP contribution in [-0.2, 0) is 0 Å². The molecule has 0 unspecified atom stereocenters. The second-order valence-corrected chi connectivity index (χ2v) is 5.84. The smallest absolute Gasteiger partial charge is 0.322 e. The maximum Gasteiger partial charge on any atom is 0.322 e. The van der Waals surface area contributed by atoms with Gasteiger partial charge < -0.3 is 15.3 Å². The number of halogens is 1. The molecule has 0 saturated carbocycles. The van der Waals surface area contributed by atoms with E-state index < -0.39 is 6.10 Å². The summed E-state index contributed by atoms with van der Waals surface area (Å²) in [6.45, 7) is 4.40. The number of likely N-dealkylation sites (tertiary alicyclic amines) is 1. The molecule has 2 amide bonds. The van der Waals surface area contributed by atoms with E-state index in [4.69, 9.17) is 11.6 Å². The number of benzene rings is 1. The van der Waals surface area contributed by atoms with Gasteiger partial charge in [0.1, 0.15) is 0 Å². The van der Waals surface area contributed by atoms with Gasteiger partial charge in [0, 0.05) is 12.6 Å². The number of aliphatic hydroxyl groups excluding tert-OH is 1. The minimum absolute atomic E-state index is 0.109. The second kappa shape index (κ2) is 6.46. The molecule has 2 N–H and O–H groups in total. The first-order valence-electron chi connectivity index (χ1n) is 7.00. The number of nitrogens with zero attached hydrogens (tertiary/aromatic N) is 1. The number of para-hydroxylation sites is 1. The number of hydrogen-bond donors (Lipinski definition) is 2. The van der Waals surface area contributed by atoms with E-state index >= 15 is 0 Å². The lowest BCUT2D eigenvalue weighted by Crippen LogP contribution is -2.40. The molecular formula is C15H21ClN2O2. The fourth-order valence-electron chi connectivity index (χ4n) is 2.71. The van der Waals surface area contributed by atoms with E-state index in [-0.39, 0.29) is 12.1 Å². The van der Waals surface area contributed by atoms with E-state index in [0.29, 0.717) is 17.1 Å². The number of carbonyl (C=O) groups excluding carboxylic acids is 1. The Morgan fingerprint density at radius 1 is 1.60 bits per heavy atom. The van der Waals surface area contributed by atoms with E-state index in [0.717, 1.165) is 24.9 Å². The number of hydrogen-bond acceptors (Lipinski definition) is 2. The van der Waals surface area contributed by atoms with Crippen LogP contribution in [0.2, 0.25) is 5.02 Å². The Hall–Kier alpha value is -1.26. The average Bonchev–Trinajstić information content (AvgIpc) is 2.81. The maximum absolute atomic E-state index is 12.4. The Morgan fingerprint density at radius 2 is 2.35 bits per heavy atom. The summed E-state index contributed by atoms with van der Waals surface area (Å²) >= 11 is 6.13. The van der Waals surface area contributed by atoms with Gasteiger partial charge in [-0.25, -0.2) is 4.79 Å². The van der Waals surface area contributed by atoms with Crippen LogP contribution in [-0.4, -0.2) is 34.7 Å². The summed E-state index contributed by atoms with van der Waals surface area (Å²) in [7, 11) is 0. The van der Waals surface area contributed by atoms with Gasteiger partial charge in [-0.15, -0.1) is 0 Å². The van der Waals surface area contributed by atoms with Crippen LogP contribution in [0.3, 0.4) is 0 Å². The molecule has 1 saturated heterocycles. The molecule has 1 aliphatic heterocycles. The van der Waals surface area contributed by atoms with E-state index in [9.17, 15) is 9.90 Å². The van der Waals surface area contributed by atoms with Crippen LogP contribution in [0.5, 0.6) is 0 Å². The molecule has 2 rings (SSSR count). The van der Waals surface area contributed by atoms with Gasteiger partial charge >= 0.3 is 6.03 Å². The van der Waals surface area contributed by atoms with Crippen molar-refractivity contribution in [3.05, 3.63) is 28.8 Å². The van der Waals surface area contributed by atoms with Crippen LogP contribution in [0.4, 0.5) is 10.5 Å². The summed E-state index contributed by atoms with van der Waals surface area (Å²) in [5.74, 6) is 0. The van der Waals surface area contributed by atoms with Crippen molar-refractivity contribution in [2.45, 2.75) is 45.3 Å². The van der Waals surface area contributed by atoms with E-state index in [2.05, 4.69) is 5.32 Å². The lowest BCUT2D eigenvalue weighted by atomic mass is 10.1. The van der Waals surface area contributed by atoms with Crippen LogP contribution in [0.15, 0.2) is 18.2 Å². The summed E-state index contributed by atoms with van der Waals surface area (Å²) in [5.41, 5.74) is 1.61. The minimum atomic E-state index is -0.393. The fourth-order valence-corrected chi connectivity index (χ4v) is 2.98. The molecule has 0 aromatic heterocycles. The molecular weight excluding hydrogens is 276 g/mol. The van der Waals surface area contributed by atoms with Gasteiger partial charge in [0.25, 0.3) is 0 Å². The van der Waals surface area contributed by atoms with Crippen molar-refractivity contribution < 1.29 is 9.90 Å². The standard InChI is InChI=1S/C15H21ClN2O2/c1-10-5-3-7-13(16)14(10)17-15(20)18-8-4-6-12(18)9-11(2)19/h3,5,7,11-12,19H,4,6,8-9H2,1-2H3,(H,17,20)/t11-,12-/m1/s1. The lowest BCUT2D eigenvalue weighted by molar-refractivity contribution is 0.142.